The number of fused-ring (bicyclic) bond motifs is 1. The van der Waals surface area contributed by atoms with Crippen LogP contribution < -0.4 is 5.32 Å². The Morgan fingerprint density at radius 2 is 2.13 bits per heavy atom. The number of amides is 1. The number of hydrogen-bond acceptors (Lipinski definition) is 5. The van der Waals surface area contributed by atoms with Crippen LogP contribution in [0.3, 0.4) is 0 Å². The highest BCUT2D eigenvalue weighted by Gasteiger charge is 2.24. The van der Waals surface area contributed by atoms with Crippen LogP contribution in [-0.2, 0) is 22.4 Å². The number of morpholine rings is 1. The molecule has 2 heterocycles. The van der Waals surface area contributed by atoms with E-state index in [4.69, 9.17) is 4.74 Å². The van der Waals surface area contributed by atoms with Crippen molar-refractivity contribution in [3.63, 3.8) is 0 Å². The van der Waals surface area contributed by atoms with Gasteiger partial charge in [0.1, 0.15) is 11.1 Å². The van der Waals surface area contributed by atoms with E-state index in [2.05, 4.69) is 30.1 Å². The molecule has 5 nitrogen and oxygen atoms in total. The fraction of sp³-hybridized carbons (Fsp3) is 0.647. The zero-order valence-electron chi connectivity index (χ0n) is 13.7. The molecule has 1 amide bonds. The van der Waals surface area contributed by atoms with Gasteiger partial charge in [0.05, 0.1) is 17.8 Å². The Bertz CT molecular complexity index is 625. The molecule has 6 heteroatoms. The predicted molar refractivity (Wildman–Crippen MR) is 90.8 cm³/mol. The third-order valence-electron chi connectivity index (χ3n) is 4.44. The Balaban J connectivity index is 1.55. The van der Waals surface area contributed by atoms with E-state index >= 15 is 0 Å². The molecule has 0 bridgehead atoms. The van der Waals surface area contributed by atoms with Gasteiger partial charge in [-0.25, -0.2) is 0 Å². The van der Waals surface area contributed by atoms with Gasteiger partial charge >= 0.3 is 0 Å². The number of carbonyl (C=O) groups is 1. The quantitative estimate of drug-likeness (QED) is 0.919. The van der Waals surface area contributed by atoms with Crippen molar-refractivity contribution in [3.05, 3.63) is 16.0 Å². The summed E-state index contributed by atoms with van der Waals surface area (Å²) in [6, 6.07) is 2.27. The topological polar surface area (TPSA) is 65.4 Å². The smallest absolute Gasteiger partial charge is 0.226 e. The second kappa shape index (κ2) is 7.00. The summed E-state index contributed by atoms with van der Waals surface area (Å²) in [7, 11) is 0. The van der Waals surface area contributed by atoms with Gasteiger partial charge in [-0.3, -0.25) is 9.69 Å². The van der Waals surface area contributed by atoms with Crippen LogP contribution in [0.2, 0.25) is 0 Å². The van der Waals surface area contributed by atoms with Gasteiger partial charge in [0.2, 0.25) is 5.91 Å². The molecular weight excluding hydrogens is 310 g/mol. The highest BCUT2D eigenvalue weighted by Crippen LogP contribution is 2.38. The number of anilines is 1. The van der Waals surface area contributed by atoms with E-state index < -0.39 is 0 Å². The summed E-state index contributed by atoms with van der Waals surface area (Å²) in [6.45, 7) is 6.60. The maximum absolute atomic E-state index is 12.2. The van der Waals surface area contributed by atoms with Gasteiger partial charge in [-0.2, -0.15) is 5.26 Å². The molecular formula is C17H23N3O2S. The molecule has 1 fully saturated rings. The van der Waals surface area contributed by atoms with Crippen LogP contribution in [0.25, 0.3) is 0 Å². The summed E-state index contributed by atoms with van der Waals surface area (Å²) in [6.07, 6.45) is 4.01. The van der Waals surface area contributed by atoms with Crippen molar-refractivity contribution in [3.8, 4) is 6.07 Å². The summed E-state index contributed by atoms with van der Waals surface area (Å²) >= 11 is 1.58. The molecule has 0 spiro atoms. The molecule has 1 N–H and O–H groups in total. The SMILES string of the molecule is CC1CN(CCC(=O)Nc2sc3c(c2C#N)CCC3)CC(C)O1. The lowest BCUT2D eigenvalue weighted by Crippen LogP contribution is -2.46. The van der Waals surface area contributed by atoms with Crippen molar-refractivity contribution in [1.82, 2.24) is 4.90 Å². The van der Waals surface area contributed by atoms with Crippen LogP contribution in [0.1, 0.15) is 42.7 Å². The van der Waals surface area contributed by atoms with Crippen molar-refractivity contribution in [2.24, 2.45) is 0 Å². The van der Waals surface area contributed by atoms with Crippen LogP contribution in [0.15, 0.2) is 0 Å². The lowest BCUT2D eigenvalue weighted by atomic mass is 10.1. The first-order valence-corrected chi connectivity index (χ1v) is 9.10. The monoisotopic (exact) mass is 333 g/mol. The molecule has 0 radical (unpaired) electrons. The second-order valence-electron chi connectivity index (χ2n) is 6.49. The normalized spacial score (nSPS) is 24.2. The van der Waals surface area contributed by atoms with Crippen LogP contribution in [0.5, 0.6) is 0 Å². The largest absolute Gasteiger partial charge is 0.373 e. The number of thiophene rings is 1. The number of hydrogen-bond donors (Lipinski definition) is 1. The van der Waals surface area contributed by atoms with E-state index in [0.29, 0.717) is 12.0 Å². The van der Waals surface area contributed by atoms with Crippen LogP contribution >= 0.6 is 11.3 Å². The minimum Gasteiger partial charge on any atom is -0.373 e. The van der Waals surface area contributed by atoms with Gasteiger partial charge in [0.15, 0.2) is 0 Å². The Kier molecular flexibility index (Phi) is 5.00. The van der Waals surface area contributed by atoms with Crippen LogP contribution in [-0.4, -0.2) is 42.6 Å². The third kappa shape index (κ3) is 3.74. The Morgan fingerprint density at radius 1 is 1.39 bits per heavy atom. The molecule has 0 aromatic carbocycles. The number of nitriles is 1. The number of aryl methyl sites for hydroxylation is 1. The van der Waals surface area contributed by atoms with Crippen molar-refractivity contribution in [2.45, 2.75) is 51.7 Å². The average Bonchev–Trinajstić information content (AvgIpc) is 3.04. The van der Waals surface area contributed by atoms with E-state index in [1.165, 1.54) is 4.88 Å². The van der Waals surface area contributed by atoms with E-state index in [0.717, 1.165) is 49.5 Å². The zero-order valence-corrected chi connectivity index (χ0v) is 14.5. The standard InChI is InChI=1S/C17H23N3O2S/c1-11-9-20(10-12(2)22-11)7-6-16(21)19-17-14(8-18)13-4-3-5-15(13)23-17/h11-12H,3-7,9-10H2,1-2H3,(H,19,21). The van der Waals surface area contributed by atoms with Gasteiger partial charge in [0, 0.05) is 30.9 Å². The number of nitrogens with zero attached hydrogens (tertiary/aromatic N) is 2. The van der Waals surface area contributed by atoms with Crippen LogP contribution in [0, 0.1) is 11.3 Å². The number of rotatable bonds is 4. The highest BCUT2D eigenvalue weighted by molar-refractivity contribution is 7.16. The molecule has 2 unspecified atom stereocenters. The molecule has 3 rings (SSSR count). The summed E-state index contributed by atoms with van der Waals surface area (Å²) < 4.78 is 5.71. The Labute approximate surface area is 141 Å². The molecule has 1 aromatic rings. The van der Waals surface area contributed by atoms with Gasteiger partial charge in [-0.15, -0.1) is 11.3 Å². The number of ether oxygens (including phenoxy) is 1. The molecule has 1 aliphatic heterocycles. The molecule has 1 saturated heterocycles. The molecule has 1 aliphatic carbocycles. The first-order chi connectivity index (χ1) is 11.1. The third-order valence-corrected chi connectivity index (χ3v) is 5.64. The van der Waals surface area contributed by atoms with E-state index in [1.807, 2.05) is 0 Å². The molecule has 0 saturated carbocycles. The van der Waals surface area contributed by atoms with Crippen LogP contribution in [0.4, 0.5) is 5.00 Å². The lowest BCUT2D eigenvalue weighted by molar-refractivity contribution is -0.117. The summed E-state index contributed by atoms with van der Waals surface area (Å²) in [5, 5.41) is 13.1. The first kappa shape index (κ1) is 16.4. The van der Waals surface area contributed by atoms with E-state index in [9.17, 15) is 10.1 Å². The van der Waals surface area contributed by atoms with Gasteiger partial charge in [-0.05, 0) is 38.7 Å². The van der Waals surface area contributed by atoms with Gasteiger partial charge in [-0.1, -0.05) is 0 Å². The van der Waals surface area contributed by atoms with E-state index in [1.54, 1.807) is 11.3 Å². The molecule has 23 heavy (non-hydrogen) atoms. The van der Waals surface area contributed by atoms with Gasteiger partial charge < -0.3 is 10.1 Å². The summed E-state index contributed by atoms with van der Waals surface area (Å²) in [5.74, 6) is -0.00628. The maximum atomic E-state index is 12.2. The van der Waals surface area contributed by atoms with Gasteiger partial charge in [0.25, 0.3) is 0 Å². The maximum Gasteiger partial charge on any atom is 0.226 e. The Morgan fingerprint density at radius 3 is 2.83 bits per heavy atom. The summed E-state index contributed by atoms with van der Waals surface area (Å²) in [5.41, 5.74) is 1.84. The molecule has 1 aromatic heterocycles. The predicted octanol–water partition coefficient (Wildman–Crippen LogP) is 2.55. The van der Waals surface area contributed by atoms with Crippen molar-refractivity contribution >= 4 is 22.2 Å². The molecule has 2 atom stereocenters. The molecule has 2 aliphatic rings. The zero-order chi connectivity index (χ0) is 16.4. The average molecular weight is 333 g/mol. The fourth-order valence-corrected chi connectivity index (χ4v) is 4.78. The van der Waals surface area contributed by atoms with Crippen molar-refractivity contribution in [1.29, 1.82) is 5.26 Å². The second-order valence-corrected chi connectivity index (χ2v) is 7.59. The lowest BCUT2D eigenvalue weighted by Gasteiger charge is -2.35. The first-order valence-electron chi connectivity index (χ1n) is 8.29. The van der Waals surface area contributed by atoms with E-state index in [-0.39, 0.29) is 18.1 Å². The molecule has 124 valence electrons. The summed E-state index contributed by atoms with van der Waals surface area (Å²) in [4.78, 5) is 15.8. The number of carbonyl (C=O) groups excluding carboxylic acids is 1. The fourth-order valence-electron chi connectivity index (χ4n) is 3.53. The van der Waals surface area contributed by atoms with Crippen molar-refractivity contribution < 1.29 is 9.53 Å². The Hall–Kier alpha value is -1.42. The minimum atomic E-state index is -0.00628. The number of nitrogens with one attached hydrogen (secondary N) is 1. The van der Waals surface area contributed by atoms with Crippen molar-refractivity contribution in [2.75, 3.05) is 25.0 Å². The minimum absolute atomic E-state index is 0.00628. The highest BCUT2D eigenvalue weighted by atomic mass is 32.1.